The van der Waals surface area contributed by atoms with Gasteiger partial charge < -0.3 is 9.31 Å². The van der Waals surface area contributed by atoms with Gasteiger partial charge in [-0.1, -0.05) is 42.4 Å². The Bertz CT molecular complexity index is 393. The predicted molar refractivity (Wildman–Crippen MR) is 71.6 cm³/mol. The topological polar surface area (TPSA) is 18.5 Å². The molecule has 17 heavy (non-hydrogen) atoms. The van der Waals surface area contributed by atoms with Crippen LogP contribution in [0.2, 0.25) is 0 Å². The van der Waals surface area contributed by atoms with Crippen molar-refractivity contribution < 1.29 is 9.31 Å². The first-order valence-electron chi connectivity index (χ1n) is 6.00. The largest absolute Gasteiger partial charge is 0.487 e. The van der Waals surface area contributed by atoms with Gasteiger partial charge in [-0.15, -0.1) is 0 Å². The Labute approximate surface area is 104 Å². The molecule has 1 fully saturated rings. The lowest BCUT2D eigenvalue weighted by atomic mass is 9.89. The predicted octanol–water partition coefficient (Wildman–Crippen LogP) is 3.33. The zero-order valence-electron chi connectivity index (χ0n) is 10.9. The summed E-state index contributed by atoms with van der Waals surface area (Å²) in [6.07, 6.45) is 2.03. The number of hydrogen-bond acceptors (Lipinski definition) is 2. The molecule has 1 aromatic rings. The zero-order chi connectivity index (χ0) is 12.5. The molecule has 0 aliphatic carbocycles. The number of benzene rings is 1. The van der Waals surface area contributed by atoms with E-state index in [2.05, 4.69) is 39.8 Å². The van der Waals surface area contributed by atoms with Gasteiger partial charge in [0.15, 0.2) is 0 Å². The van der Waals surface area contributed by atoms with E-state index in [0.29, 0.717) is 0 Å². The number of rotatable bonds is 2. The number of hydrogen-bond donors (Lipinski definition) is 0. The van der Waals surface area contributed by atoms with Crippen LogP contribution < -0.4 is 0 Å². The summed E-state index contributed by atoms with van der Waals surface area (Å²) in [5.74, 6) is 1.96. The summed E-state index contributed by atoms with van der Waals surface area (Å²) in [6, 6.07) is 10.2. The highest BCUT2D eigenvalue weighted by Crippen LogP contribution is 2.36. The summed E-state index contributed by atoms with van der Waals surface area (Å²) in [7, 11) is -0.264. The Morgan fingerprint density at radius 1 is 0.941 bits per heavy atom. The normalized spacial score (nSPS) is 22.2. The van der Waals surface area contributed by atoms with Crippen LogP contribution >= 0.6 is 0 Å². The van der Waals surface area contributed by atoms with Gasteiger partial charge in [0.25, 0.3) is 0 Å². The van der Waals surface area contributed by atoms with Crippen LogP contribution in [0.3, 0.4) is 0 Å². The molecule has 0 bridgehead atoms. The van der Waals surface area contributed by atoms with E-state index in [9.17, 15) is 0 Å². The van der Waals surface area contributed by atoms with Crippen molar-refractivity contribution in [3.63, 3.8) is 0 Å². The lowest BCUT2D eigenvalue weighted by Gasteiger charge is -2.32. The minimum atomic E-state index is -0.265. The highest BCUT2D eigenvalue weighted by atomic mass is 16.7. The lowest BCUT2D eigenvalue weighted by molar-refractivity contribution is 0.00578. The molecule has 0 radical (unpaired) electrons. The van der Waals surface area contributed by atoms with Crippen molar-refractivity contribution in [1.82, 2.24) is 0 Å². The van der Waals surface area contributed by atoms with Gasteiger partial charge in [-0.25, -0.2) is 0 Å². The third kappa shape index (κ3) is 2.62. The lowest BCUT2D eigenvalue weighted by Crippen LogP contribution is -2.41. The molecular formula is C14H19BO2. The van der Waals surface area contributed by atoms with E-state index in [1.807, 2.05) is 30.3 Å². The van der Waals surface area contributed by atoms with Gasteiger partial charge in [-0.05, 0) is 33.3 Å². The molecule has 90 valence electrons. The van der Waals surface area contributed by atoms with Gasteiger partial charge in [0.05, 0.1) is 11.2 Å². The van der Waals surface area contributed by atoms with E-state index in [0.717, 1.165) is 5.56 Å². The molecule has 2 nitrogen and oxygen atoms in total. The second kappa shape index (κ2) is 4.32. The molecule has 0 aromatic heterocycles. The first kappa shape index (κ1) is 12.4. The molecular weight excluding hydrogens is 211 g/mol. The first-order chi connectivity index (χ1) is 7.91. The zero-order valence-corrected chi connectivity index (χ0v) is 10.9. The van der Waals surface area contributed by atoms with Crippen LogP contribution in [0.15, 0.2) is 36.3 Å². The van der Waals surface area contributed by atoms with Crippen molar-refractivity contribution in [3.8, 4) is 0 Å². The first-order valence-corrected chi connectivity index (χ1v) is 6.00. The van der Waals surface area contributed by atoms with E-state index < -0.39 is 0 Å². The van der Waals surface area contributed by atoms with Crippen molar-refractivity contribution in [2.75, 3.05) is 0 Å². The molecule has 0 saturated carbocycles. The monoisotopic (exact) mass is 230 g/mol. The van der Waals surface area contributed by atoms with Gasteiger partial charge >= 0.3 is 7.12 Å². The molecule has 1 heterocycles. The maximum absolute atomic E-state index is 5.88. The molecule has 0 N–H and O–H groups in total. The van der Waals surface area contributed by atoms with Crippen LogP contribution in [0.4, 0.5) is 0 Å². The summed E-state index contributed by atoms with van der Waals surface area (Å²) >= 11 is 0. The van der Waals surface area contributed by atoms with E-state index >= 15 is 0 Å². The second-order valence-corrected chi connectivity index (χ2v) is 5.39. The van der Waals surface area contributed by atoms with Crippen LogP contribution in [0, 0.1) is 0 Å². The van der Waals surface area contributed by atoms with Crippen LogP contribution in [0.25, 0.3) is 6.08 Å². The maximum atomic E-state index is 5.88. The van der Waals surface area contributed by atoms with Crippen molar-refractivity contribution >= 4 is 13.2 Å². The Morgan fingerprint density at radius 3 is 2.00 bits per heavy atom. The average molecular weight is 230 g/mol. The third-order valence-corrected chi connectivity index (χ3v) is 3.52. The highest BCUT2D eigenvalue weighted by Gasteiger charge is 2.49. The standard InChI is InChI=1S/C14H19BO2/c1-13(2)14(3,4)17-15(16-13)11-10-12-8-6-5-7-9-12/h5-11H,1-4H3/b11-10+. The summed E-state index contributed by atoms with van der Waals surface area (Å²) in [5, 5.41) is 0. The summed E-state index contributed by atoms with van der Waals surface area (Å²) in [6.45, 7) is 8.24. The third-order valence-electron chi connectivity index (χ3n) is 3.52. The fourth-order valence-corrected chi connectivity index (χ4v) is 1.72. The molecule has 1 aliphatic heterocycles. The van der Waals surface area contributed by atoms with Crippen LogP contribution in [-0.2, 0) is 9.31 Å². The van der Waals surface area contributed by atoms with Crippen molar-refractivity contribution in [3.05, 3.63) is 41.9 Å². The van der Waals surface area contributed by atoms with Gasteiger partial charge in [0.2, 0.25) is 0 Å². The molecule has 0 atom stereocenters. The fraction of sp³-hybridized carbons (Fsp3) is 0.429. The SMILES string of the molecule is CC1(C)OB(/C=C/c2ccccc2)OC1(C)C. The smallest absolute Gasteiger partial charge is 0.400 e. The van der Waals surface area contributed by atoms with E-state index in [-0.39, 0.29) is 18.3 Å². The van der Waals surface area contributed by atoms with Crippen LogP contribution in [0.5, 0.6) is 0 Å². The summed E-state index contributed by atoms with van der Waals surface area (Å²) < 4.78 is 11.8. The fourth-order valence-electron chi connectivity index (χ4n) is 1.72. The van der Waals surface area contributed by atoms with Gasteiger partial charge in [0.1, 0.15) is 0 Å². The highest BCUT2D eigenvalue weighted by molar-refractivity contribution is 6.52. The molecule has 1 aromatic carbocycles. The van der Waals surface area contributed by atoms with Crippen molar-refractivity contribution in [2.45, 2.75) is 38.9 Å². The molecule has 1 saturated heterocycles. The molecule has 3 heteroatoms. The Balaban J connectivity index is 2.06. The molecule has 0 spiro atoms. The van der Waals surface area contributed by atoms with Crippen molar-refractivity contribution in [2.24, 2.45) is 0 Å². The summed E-state index contributed by atoms with van der Waals surface area (Å²) in [5.41, 5.74) is 0.624. The summed E-state index contributed by atoms with van der Waals surface area (Å²) in [4.78, 5) is 0. The van der Waals surface area contributed by atoms with Gasteiger partial charge in [-0.3, -0.25) is 0 Å². The quantitative estimate of drug-likeness (QED) is 0.725. The molecule has 0 unspecified atom stereocenters. The molecule has 1 aliphatic rings. The average Bonchev–Trinajstić information content (AvgIpc) is 2.46. The maximum Gasteiger partial charge on any atom is 0.487 e. The molecule has 0 amide bonds. The minimum absolute atomic E-state index is 0.264. The van der Waals surface area contributed by atoms with Crippen LogP contribution in [0.1, 0.15) is 33.3 Å². The Kier molecular flexibility index (Phi) is 3.15. The van der Waals surface area contributed by atoms with E-state index in [1.165, 1.54) is 0 Å². The second-order valence-electron chi connectivity index (χ2n) is 5.39. The Morgan fingerprint density at radius 2 is 1.47 bits per heavy atom. The van der Waals surface area contributed by atoms with Gasteiger partial charge in [0, 0.05) is 0 Å². The van der Waals surface area contributed by atoms with E-state index in [1.54, 1.807) is 0 Å². The van der Waals surface area contributed by atoms with Gasteiger partial charge in [-0.2, -0.15) is 0 Å². The Hall–Kier alpha value is -1.06. The van der Waals surface area contributed by atoms with Crippen molar-refractivity contribution in [1.29, 1.82) is 0 Å². The van der Waals surface area contributed by atoms with Crippen LogP contribution in [-0.4, -0.2) is 18.3 Å². The molecule has 2 rings (SSSR count). The van der Waals surface area contributed by atoms with E-state index in [4.69, 9.17) is 9.31 Å². The minimum Gasteiger partial charge on any atom is -0.400 e.